The van der Waals surface area contributed by atoms with E-state index >= 15 is 0 Å². The Bertz CT molecular complexity index is 1150. The number of esters is 2. The van der Waals surface area contributed by atoms with Gasteiger partial charge in [-0.1, -0.05) is 13.0 Å². The first-order valence-corrected chi connectivity index (χ1v) is 12.4. The van der Waals surface area contributed by atoms with Crippen molar-refractivity contribution in [3.8, 4) is 5.75 Å². The van der Waals surface area contributed by atoms with Gasteiger partial charge in [0.25, 0.3) is 5.91 Å². The molecule has 1 aromatic rings. The monoisotopic (exact) mass is 484 g/mol. The summed E-state index contributed by atoms with van der Waals surface area (Å²) in [6, 6.07) is 5.67. The van der Waals surface area contributed by atoms with Crippen molar-refractivity contribution in [2.45, 2.75) is 74.8 Å². The summed E-state index contributed by atoms with van der Waals surface area (Å²) in [6.07, 6.45) is 2.00. The van der Waals surface area contributed by atoms with Crippen LogP contribution in [0.3, 0.4) is 0 Å². The van der Waals surface area contributed by atoms with Crippen molar-refractivity contribution in [2.75, 3.05) is 32.7 Å². The van der Waals surface area contributed by atoms with Crippen LogP contribution in [-0.4, -0.2) is 74.0 Å². The molecular weight excluding hydrogens is 452 g/mol. The lowest BCUT2D eigenvalue weighted by Crippen LogP contribution is -2.79. The number of hydrogen-bond donors (Lipinski definition) is 0. The molecule has 4 fully saturated rings. The van der Waals surface area contributed by atoms with Gasteiger partial charge in [0.2, 0.25) is 0 Å². The van der Waals surface area contributed by atoms with Gasteiger partial charge in [0.05, 0.1) is 25.7 Å². The smallest absolute Gasteiger partial charge is 0.340 e. The largest absolute Gasteiger partial charge is 0.497 e. The molecule has 5 aliphatic rings. The van der Waals surface area contributed by atoms with Crippen LogP contribution in [0.1, 0.15) is 51.5 Å². The van der Waals surface area contributed by atoms with E-state index in [-0.39, 0.29) is 11.9 Å². The van der Waals surface area contributed by atoms with E-state index < -0.39 is 40.2 Å². The van der Waals surface area contributed by atoms with Crippen LogP contribution < -0.4 is 9.64 Å². The van der Waals surface area contributed by atoms with Gasteiger partial charge in [0.15, 0.2) is 17.4 Å². The van der Waals surface area contributed by atoms with E-state index in [2.05, 4.69) is 17.9 Å². The molecule has 6 rings (SSSR count). The maximum atomic E-state index is 13.9. The fourth-order valence-corrected chi connectivity index (χ4v) is 8.74. The number of likely N-dealkylation sites (N-methyl/N-ethyl adjacent to an activating group) is 1. The Hall–Kier alpha value is -2.81. The van der Waals surface area contributed by atoms with Crippen LogP contribution in [0, 0.1) is 5.41 Å². The van der Waals surface area contributed by atoms with Crippen LogP contribution in [0.15, 0.2) is 18.2 Å². The maximum absolute atomic E-state index is 13.9. The summed E-state index contributed by atoms with van der Waals surface area (Å²) in [5, 5.41) is 0. The molecular formula is C26H32N2O7. The van der Waals surface area contributed by atoms with E-state index in [0.717, 1.165) is 29.8 Å². The van der Waals surface area contributed by atoms with Crippen molar-refractivity contribution < 1.29 is 33.3 Å². The lowest BCUT2D eigenvalue weighted by atomic mass is 9.46. The van der Waals surface area contributed by atoms with E-state index in [1.165, 1.54) is 14.0 Å². The predicted molar refractivity (Wildman–Crippen MR) is 124 cm³/mol. The number of anilines is 1. The first-order valence-electron chi connectivity index (χ1n) is 12.4. The van der Waals surface area contributed by atoms with Gasteiger partial charge in [-0.05, 0) is 37.3 Å². The molecule has 2 bridgehead atoms. The molecule has 6 atom stereocenters. The Morgan fingerprint density at radius 3 is 2.69 bits per heavy atom. The zero-order valence-corrected chi connectivity index (χ0v) is 20.9. The topological polar surface area (TPSA) is 94.6 Å². The first kappa shape index (κ1) is 22.6. The van der Waals surface area contributed by atoms with Crippen LogP contribution in [0.5, 0.6) is 5.75 Å². The molecule has 4 saturated heterocycles. The second kappa shape index (κ2) is 6.90. The summed E-state index contributed by atoms with van der Waals surface area (Å²) in [5.74, 6) is -0.418. The van der Waals surface area contributed by atoms with Gasteiger partial charge >= 0.3 is 11.9 Å². The lowest BCUT2D eigenvalue weighted by molar-refractivity contribution is -0.253. The van der Waals surface area contributed by atoms with Gasteiger partial charge in [-0.15, -0.1) is 0 Å². The Labute approximate surface area is 204 Å². The van der Waals surface area contributed by atoms with Gasteiger partial charge in [0.1, 0.15) is 5.75 Å². The standard InChI is InChI=1S/C26H32N2O7/c1-6-23-13-19(34-15(2)29)20(30)28-11-7-10-24-17-9-8-16(32-4)12-18(17)27(3)21(24)25(14-23,22(31)33-5)35-26(23,24)28/h8-9,12,19,21H,6-7,10-11,13-14H2,1-5H3/t19-,21+,23-,24-,25+,26-/m0/s1. The fraction of sp³-hybridized carbons (Fsp3) is 0.654. The number of benzene rings is 1. The van der Waals surface area contributed by atoms with E-state index in [1.54, 1.807) is 7.11 Å². The molecule has 0 N–H and O–H groups in total. The molecule has 188 valence electrons. The molecule has 5 aliphatic heterocycles. The van der Waals surface area contributed by atoms with Crippen LogP contribution in [-0.2, 0) is 34.0 Å². The lowest BCUT2D eigenvalue weighted by Gasteiger charge is -2.65. The Morgan fingerprint density at radius 2 is 2.03 bits per heavy atom. The molecule has 0 aromatic heterocycles. The number of fused-ring (bicyclic) bond motifs is 3. The molecule has 9 nitrogen and oxygen atoms in total. The zero-order chi connectivity index (χ0) is 25.0. The first-order chi connectivity index (χ1) is 16.7. The molecule has 1 amide bonds. The summed E-state index contributed by atoms with van der Waals surface area (Å²) < 4.78 is 23.5. The van der Waals surface area contributed by atoms with Gasteiger partial charge < -0.3 is 28.7 Å². The molecule has 0 unspecified atom stereocenters. The number of amides is 1. The average molecular weight is 485 g/mol. The second-order valence-corrected chi connectivity index (χ2v) is 10.7. The molecule has 5 heterocycles. The van der Waals surface area contributed by atoms with E-state index in [1.807, 2.05) is 24.1 Å². The SMILES string of the molecule is CC[C@]12C[C@H](OC(C)=O)C(=O)N3CCC[C@]45c6ccc(OC)cc6N(C)[C@H]4[C@@](C(=O)OC)(C1)O[C@@]325. The van der Waals surface area contributed by atoms with Crippen molar-refractivity contribution in [2.24, 2.45) is 5.41 Å². The molecule has 0 radical (unpaired) electrons. The molecule has 0 aliphatic carbocycles. The normalized spacial score (nSPS) is 40.2. The van der Waals surface area contributed by atoms with Crippen molar-refractivity contribution in [1.29, 1.82) is 0 Å². The number of nitrogens with zero attached hydrogens (tertiary/aromatic N) is 2. The van der Waals surface area contributed by atoms with Gasteiger partial charge in [0, 0.05) is 44.1 Å². The van der Waals surface area contributed by atoms with Crippen LogP contribution in [0.25, 0.3) is 0 Å². The fourth-order valence-electron chi connectivity index (χ4n) is 8.74. The highest BCUT2D eigenvalue weighted by molar-refractivity contribution is 5.91. The van der Waals surface area contributed by atoms with Gasteiger partial charge in [-0.25, -0.2) is 4.79 Å². The van der Waals surface area contributed by atoms with E-state index in [9.17, 15) is 14.4 Å². The minimum absolute atomic E-state index is 0.241. The number of piperidine rings is 2. The maximum Gasteiger partial charge on any atom is 0.340 e. The number of carbonyl (C=O) groups is 3. The van der Waals surface area contributed by atoms with Crippen LogP contribution >= 0.6 is 0 Å². The van der Waals surface area contributed by atoms with Crippen LogP contribution in [0.2, 0.25) is 0 Å². The number of rotatable bonds is 4. The number of carbonyl (C=O) groups excluding carboxylic acids is 3. The number of hydrogen-bond acceptors (Lipinski definition) is 8. The second-order valence-electron chi connectivity index (χ2n) is 10.7. The van der Waals surface area contributed by atoms with Gasteiger partial charge in [-0.2, -0.15) is 0 Å². The zero-order valence-electron chi connectivity index (χ0n) is 20.9. The predicted octanol–water partition coefficient (Wildman–Crippen LogP) is 2.15. The van der Waals surface area contributed by atoms with Crippen molar-refractivity contribution in [3.05, 3.63) is 23.8 Å². The highest BCUT2D eigenvalue weighted by Gasteiger charge is 2.91. The minimum atomic E-state index is -1.26. The third kappa shape index (κ3) is 2.23. The average Bonchev–Trinajstić information content (AvgIpc) is 3.40. The van der Waals surface area contributed by atoms with Crippen molar-refractivity contribution in [1.82, 2.24) is 4.90 Å². The quantitative estimate of drug-likeness (QED) is 0.600. The number of methoxy groups -OCH3 is 2. The summed E-state index contributed by atoms with van der Waals surface area (Å²) in [7, 11) is 5.02. The third-order valence-electron chi connectivity index (χ3n) is 9.58. The van der Waals surface area contributed by atoms with Gasteiger partial charge in [-0.3, -0.25) is 9.59 Å². The summed E-state index contributed by atoms with van der Waals surface area (Å²) in [6.45, 7) is 3.89. The molecule has 1 aromatic carbocycles. The summed E-state index contributed by atoms with van der Waals surface area (Å²) in [4.78, 5) is 43.5. The van der Waals surface area contributed by atoms with Crippen LogP contribution in [0.4, 0.5) is 5.69 Å². The third-order valence-corrected chi connectivity index (χ3v) is 9.58. The summed E-state index contributed by atoms with van der Waals surface area (Å²) in [5.41, 5.74) is -1.49. The minimum Gasteiger partial charge on any atom is -0.497 e. The Kier molecular flexibility index (Phi) is 4.46. The summed E-state index contributed by atoms with van der Waals surface area (Å²) >= 11 is 0. The molecule has 0 saturated carbocycles. The highest BCUT2D eigenvalue weighted by Crippen LogP contribution is 2.79. The van der Waals surface area contributed by atoms with Crippen molar-refractivity contribution >= 4 is 23.5 Å². The highest BCUT2D eigenvalue weighted by atomic mass is 16.6. The molecule has 9 heteroatoms. The molecule has 2 spiro atoms. The van der Waals surface area contributed by atoms with Crippen molar-refractivity contribution in [3.63, 3.8) is 0 Å². The number of ether oxygens (including phenoxy) is 4. The Morgan fingerprint density at radius 1 is 1.26 bits per heavy atom. The molecule has 35 heavy (non-hydrogen) atoms. The van der Waals surface area contributed by atoms with E-state index in [0.29, 0.717) is 25.8 Å². The van der Waals surface area contributed by atoms with E-state index in [4.69, 9.17) is 18.9 Å². The Balaban J connectivity index is 1.66.